The molecule has 28 heavy (non-hydrogen) atoms. The van der Waals surface area contributed by atoms with Crippen LogP contribution in [0, 0.1) is 0 Å². The summed E-state index contributed by atoms with van der Waals surface area (Å²) in [6.45, 7) is 6.84. The van der Waals surface area contributed by atoms with Gasteiger partial charge < -0.3 is 14.5 Å². The summed E-state index contributed by atoms with van der Waals surface area (Å²) in [4.78, 5) is 25.4. The van der Waals surface area contributed by atoms with Gasteiger partial charge in [0.25, 0.3) is 5.91 Å². The molecule has 1 fully saturated rings. The van der Waals surface area contributed by atoms with Crippen LogP contribution < -0.4 is 9.64 Å². The van der Waals surface area contributed by atoms with E-state index in [-0.39, 0.29) is 12.0 Å². The van der Waals surface area contributed by atoms with E-state index in [2.05, 4.69) is 32.1 Å². The zero-order valence-electron chi connectivity index (χ0n) is 16.4. The highest BCUT2D eigenvalue weighted by Gasteiger charge is 2.24. The predicted molar refractivity (Wildman–Crippen MR) is 107 cm³/mol. The Morgan fingerprint density at radius 2 is 1.89 bits per heavy atom. The Hall–Kier alpha value is -3.16. The maximum Gasteiger partial charge on any atom is 0.272 e. The maximum atomic E-state index is 12.7. The van der Waals surface area contributed by atoms with Crippen LogP contribution in [0.1, 0.15) is 24.3 Å². The minimum Gasteiger partial charge on any atom is -0.474 e. The molecule has 3 aromatic rings. The van der Waals surface area contributed by atoms with Gasteiger partial charge in [0.1, 0.15) is 12.0 Å². The molecule has 1 saturated heterocycles. The second kappa shape index (κ2) is 7.46. The fraction of sp³-hybridized carbons (Fsp3) is 0.400. The van der Waals surface area contributed by atoms with E-state index in [4.69, 9.17) is 4.74 Å². The molecule has 1 aliphatic rings. The van der Waals surface area contributed by atoms with E-state index in [9.17, 15) is 4.79 Å². The van der Waals surface area contributed by atoms with Crippen LogP contribution in [-0.4, -0.2) is 62.8 Å². The van der Waals surface area contributed by atoms with Gasteiger partial charge in [-0.3, -0.25) is 9.48 Å². The highest BCUT2D eigenvalue weighted by atomic mass is 16.5. The third-order valence-corrected chi connectivity index (χ3v) is 4.90. The number of hydrogen-bond donors (Lipinski definition) is 0. The zero-order valence-corrected chi connectivity index (χ0v) is 16.4. The molecule has 4 rings (SSSR count). The molecule has 0 saturated carbocycles. The first-order valence-corrected chi connectivity index (χ1v) is 9.46. The lowest BCUT2D eigenvalue weighted by Crippen LogP contribution is -2.49. The molecule has 0 unspecified atom stereocenters. The van der Waals surface area contributed by atoms with Crippen molar-refractivity contribution in [2.24, 2.45) is 7.05 Å². The van der Waals surface area contributed by atoms with E-state index in [0.717, 1.165) is 29.7 Å². The fourth-order valence-electron chi connectivity index (χ4n) is 3.45. The first-order chi connectivity index (χ1) is 13.5. The van der Waals surface area contributed by atoms with Crippen molar-refractivity contribution >= 4 is 22.5 Å². The number of anilines is 1. The number of benzene rings is 1. The van der Waals surface area contributed by atoms with Crippen molar-refractivity contribution in [1.29, 1.82) is 0 Å². The molecule has 0 spiro atoms. The van der Waals surface area contributed by atoms with Crippen molar-refractivity contribution < 1.29 is 9.53 Å². The molecule has 146 valence electrons. The van der Waals surface area contributed by atoms with Crippen molar-refractivity contribution in [1.82, 2.24) is 24.6 Å². The van der Waals surface area contributed by atoms with Gasteiger partial charge in [-0.15, -0.1) is 0 Å². The lowest BCUT2D eigenvalue weighted by Gasteiger charge is -2.36. The lowest BCUT2D eigenvalue weighted by molar-refractivity contribution is 0.0735. The molecular weight excluding hydrogens is 356 g/mol. The molecule has 0 atom stereocenters. The number of ether oxygens (including phenoxy) is 1. The molecule has 8 nitrogen and oxygen atoms in total. The minimum absolute atomic E-state index is 0.0270. The number of piperazine rings is 1. The smallest absolute Gasteiger partial charge is 0.272 e. The Kier molecular flexibility index (Phi) is 4.85. The number of fused-ring (bicyclic) bond motifs is 1. The van der Waals surface area contributed by atoms with Gasteiger partial charge in [-0.2, -0.15) is 5.10 Å². The Balaban J connectivity index is 1.51. The molecule has 0 N–H and O–H groups in total. The lowest BCUT2D eigenvalue weighted by atomic mass is 10.1. The van der Waals surface area contributed by atoms with Crippen LogP contribution in [0.2, 0.25) is 0 Å². The van der Waals surface area contributed by atoms with Gasteiger partial charge >= 0.3 is 0 Å². The fourth-order valence-corrected chi connectivity index (χ4v) is 3.45. The summed E-state index contributed by atoms with van der Waals surface area (Å²) in [7, 11) is 1.79. The van der Waals surface area contributed by atoms with Crippen LogP contribution >= 0.6 is 0 Å². The number of nitrogens with zero attached hydrogens (tertiary/aromatic N) is 6. The molecule has 3 heterocycles. The standard InChI is InChI=1S/C20H24N6O2/c1-14(2)28-19-16-12-15(4-5-17(16)21-13-22-19)25-8-10-26(11-9-25)20(27)18-6-7-23-24(18)3/h4-7,12-14H,8-11H2,1-3H3. The molecule has 1 amide bonds. The molecule has 0 radical (unpaired) electrons. The van der Waals surface area contributed by atoms with E-state index in [1.165, 1.54) is 6.33 Å². The zero-order chi connectivity index (χ0) is 19.7. The van der Waals surface area contributed by atoms with E-state index in [1.54, 1.807) is 24.0 Å². The minimum atomic E-state index is 0.0270. The number of rotatable bonds is 4. The molecule has 0 bridgehead atoms. The van der Waals surface area contributed by atoms with Gasteiger partial charge in [-0.1, -0.05) is 0 Å². The largest absolute Gasteiger partial charge is 0.474 e. The molecule has 2 aromatic heterocycles. The van der Waals surface area contributed by atoms with Gasteiger partial charge in [0.05, 0.1) is 17.0 Å². The van der Waals surface area contributed by atoms with E-state index < -0.39 is 0 Å². The van der Waals surface area contributed by atoms with Crippen LogP contribution in [0.4, 0.5) is 5.69 Å². The van der Waals surface area contributed by atoms with Crippen LogP contribution in [0.15, 0.2) is 36.8 Å². The summed E-state index contributed by atoms with van der Waals surface area (Å²) >= 11 is 0. The van der Waals surface area contributed by atoms with E-state index in [1.807, 2.05) is 24.8 Å². The van der Waals surface area contributed by atoms with Crippen molar-refractivity contribution in [2.45, 2.75) is 20.0 Å². The quantitative estimate of drug-likeness (QED) is 0.690. The second-order valence-electron chi connectivity index (χ2n) is 7.17. The topological polar surface area (TPSA) is 76.4 Å². The number of aryl methyl sites for hydroxylation is 1. The third kappa shape index (κ3) is 3.49. The van der Waals surface area contributed by atoms with Crippen molar-refractivity contribution in [2.75, 3.05) is 31.1 Å². The number of hydrogen-bond acceptors (Lipinski definition) is 6. The van der Waals surface area contributed by atoms with Gasteiger partial charge in [-0.05, 0) is 38.1 Å². The van der Waals surface area contributed by atoms with Crippen molar-refractivity contribution in [3.05, 3.63) is 42.5 Å². The summed E-state index contributed by atoms with van der Waals surface area (Å²) in [5.41, 5.74) is 2.56. The van der Waals surface area contributed by atoms with Crippen LogP contribution in [0.3, 0.4) is 0 Å². The third-order valence-electron chi connectivity index (χ3n) is 4.90. The van der Waals surface area contributed by atoms with Gasteiger partial charge in [0, 0.05) is 45.1 Å². The SMILES string of the molecule is CC(C)Oc1ncnc2ccc(N3CCN(C(=O)c4ccnn4C)CC3)cc12. The second-order valence-corrected chi connectivity index (χ2v) is 7.17. The molecular formula is C20H24N6O2. The number of carbonyl (C=O) groups is 1. The molecule has 1 aromatic carbocycles. The van der Waals surface area contributed by atoms with Crippen molar-refractivity contribution in [3.63, 3.8) is 0 Å². The van der Waals surface area contributed by atoms with Gasteiger partial charge in [0.2, 0.25) is 5.88 Å². The summed E-state index contributed by atoms with van der Waals surface area (Å²) in [6.07, 6.45) is 3.23. The van der Waals surface area contributed by atoms with E-state index in [0.29, 0.717) is 24.7 Å². The first-order valence-electron chi connectivity index (χ1n) is 9.46. The average molecular weight is 380 g/mol. The summed E-state index contributed by atoms with van der Waals surface area (Å²) in [5, 5.41) is 4.99. The van der Waals surface area contributed by atoms with Crippen LogP contribution in [-0.2, 0) is 7.05 Å². The normalized spacial score (nSPS) is 14.7. The summed E-state index contributed by atoms with van der Waals surface area (Å²) in [6, 6.07) is 7.89. The summed E-state index contributed by atoms with van der Waals surface area (Å²) < 4.78 is 7.46. The number of aromatic nitrogens is 4. The van der Waals surface area contributed by atoms with Gasteiger partial charge in [0.15, 0.2) is 0 Å². The van der Waals surface area contributed by atoms with Crippen LogP contribution in [0.25, 0.3) is 10.9 Å². The van der Waals surface area contributed by atoms with E-state index >= 15 is 0 Å². The van der Waals surface area contributed by atoms with Gasteiger partial charge in [-0.25, -0.2) is 9.97 Å². The highest BCUT2D eigenvalue weighted by Crippen LogP contribution is 2.28. The monoisotopic (exact) mass is 380 g/mol. The first kappa shape index (κ1) is 18.2. The number of carbonyl (C=O) groups excluding carboxylic acids is 1. The molecule has 1 aliphatic heterocycles. The average Bonchev–Trinajstić information content (AvgIpc) is 3.13. The Morgan fingerprint density at radius 1 is 1.11 bits per heavy atom. The molecule has 0 aliphatic carbocycles. The Bertz CT molecular complexity index is 991. The number of amides is 1. The van der Waals surface area contributed by atoms with Crippen molar-refractivity contribution in [3.8, 4) is 5.88 Å². The maximum absolute atomic E-state index is 12.7. The van der Waals surface area contributed by atoms with Crippen LogP contribution in [0.5, 0.6) is 5.88 Å². The molecule has 8 heteroatoms. The Labute approximate surface area is 163 Å². The predicted octanol–water partition coefficient (Wildman–Crippen LogP) is 2.11. The summed E-state index contributed by atoms with van der Waals surface area (Å²) in [5.74, 6) is 0.631. The highest BCUT2D eigenvalue weighted by molar-refractivity contribution is 5.92. The Morgan fingerprint density at radius 3 is 2.57 bits per heavy atom.